The van der Waals surface area contributed by atoms with E-state index in [9.17, 15) is 0 Å². The number of para-hydroxylation sites is 3. The molecule has 0 amide bonds. The van der Waals surface area contributed by atoms with E-state index < -0.39 is 0 Å². The van der Waals surface area contributed by atoms with Gasteiger partial charge in [0.25, 0.3) is 0 Å². The van der Waals surface area contributed by atoms with Crippen molar-refractivity contribution in [2.75, 3.05) is 0 Å². The number of hydrogen-bond donors (Lipinski definition) is 0. The maximum Gasteiger partial charge on any atom is 0.0788 e. The topological polar surface area (TPSA) is 9.86 Å². The molecule has 0 fully saturated rings. The average Bonchev–Trinajstić information content (AvgIpc) is 3.58. The Bertz CT molecular complexity index is 2440. The quantitative estimate of drug-likeness (QED) is 0.213. The predicted molar refractivity (Wildman–Crippen MR) is 178 cm³/mol. The normalized spacial score (nSPS) is 11.8. The van der Waals surface area contributed by atoms with Gasteiger partial charge in [0.2, 0.25) is 0 Å². The van der Waals surface area contributed by atoms with Crippen molar-refractivity contribution in [3.8, 4) is 22.5 Å². The lowest BCUT2D eigenvalue weighted by Gasteiger charge is -2.13. The third kappa shape index (κ3) is 3.27. The molecular weight excluding hydrogens is 508 g/mol. The van der Waals surface area contributed by atoms with Gasteiger partial charge in [0, 0.05) is 32.9 Å². The highest BCUT2D eigenvalue weighted by Crippen LogP contribution is 2.41. The molecule has 2 nitrogen and oxygen atoms in total. The summed E-state index contributed by atoms with van der Waals surface area (Å²) in [4.78, 5) is 0. The number of rotatable bonds is 3. The Hall–Kier alpha value is -5.60. The van der Waals surface area contributed by atoms with Gasteiger partial charge < -0.3 is 9.13 Å². The summed E-state index contributed by atoms with van der Waals surface area (Å²) in [7, 11) is 0. The van der Waals surface area contributed by atoms with Crippen molar-refractivity contribution in [1.82, 2.24) is 9.13 Å². The van der Waals surface area contributed by atoms with Gasteiger partial charge in [0.05, 0.1) is 22.1 Å². The molecule has 2 heterocycles. The highest BCUT2D eigenvalue weighted by atomic mass is 15.0. The van der Waals surface area contributed by atoms with Crippen LogP contribution < -0.4 is 0 Å². The molecule has 0 radical (unpaired) electrons. The summed E-state index contributed by atoms with van der Waals surface area (Å²) < 4.78 is 4.89. The Balaban J connectivity index is 1.38. The molecule has 9 rings (SSSR count). The van der Waals surface area contributed by atoms with Crippen LogP contribution in [0, 0.1) is 0 Å². The lowest BCUT2D eigenvalue weighted by atomic mass is 9.98. The zero-order valence-electron chi connectivity index (χ0n) is 22.9. The van der Waals surface area contributed by atoms with Gasteiger partial charge in [0.15, 0.2) is 0 Å². The van der Waals surface area contributed by atoms with Gasteiger partial charge >= 0.3 is 0 Å². The Morgan fingerprint density at radius 2 is 0.810 bits per heavy atom. The second-order valence-corrected chi connectivity index (χ2v) is 11.0. The molecule has 0 aliphatic rings. The summed E-state index contributed by atoms with van der Waals surface area (Å²) >= 11 is 0. The molecule has 0 N–H and O–H groups in total. The van der Waals surface area contributed by atoms with Crippen LogP contribution >= 0.6 is 0 Å². The number of hydrogen-bond acceptors (Lipinski definition) is 0. The second-order valence-electron chi connectivity index (χ2n) is 11.0. The SMILES string of the molecule is c1ccc(-n2c3ccccc3c3ccc4c5ccccc5n(-c5ccc(-c6cccc7ccccc67)cc5)c4c32)cc1. The second kappa shape index (κ2) is 8.95. The van der Waals surface area contributed by atoms with Crippen LogP contribution in [0.2, 0.25) is 0 Å². The number of nitrogens with zero attached hydrogens (tertiary/aromatic N) is 2. The third-order valence-corrected chi connectivity index (χ3v) is 8.71. The van der Waals surface area contributed by atoms with Gasteiger partial charge in [-0.05, 0) is 58.3 Å². The Morgan fingerprint density at radius 1 is 0.310 bits per heavy atom. The molecule has 0 unspecified atom stereocenters. The number of aromatic nitrogens is 2. The largest absolute Gasteiger partial charge is 0.307 e. The van der Waals surface area contributed by atoms with Crippen molar-refractivity contribution < 1.29 is 0 Å². The van der Waals surface area contributed by atoms with Crippen LogP contribution in [0.25, 0.3) is 76.9 Å². The van der Waals surface area contributed by atoms with Crippen LogP contribution in [-0.2, 0) is 0 Å². The monoisotopic (exact) mass is 534 g/mol. The van der Waals surface area contributed by atoms with Crippen LogP contribution in [0.5, 0.6) is 0 Å². The molecule has 0 spiro atoms. The van der Waals surface area contributed by atoms with E-state index in [1.165, 1.54) is 71.2 Å². The van der Waals surface area contributed by atoms with Crippen molar-refractivity contribution in [1.29, 1.82) is 0 Å². The van der Waals surface area contributed by atoms with E-state index in [0.717, 1.165) is 5.69 Å². The van der Waals surface area contributed by atoms with Crippen molar-refractivity contribution >= 4 is 54.4 Å². The van der Waals surface area contributed by atoms with Crippen molar-refractivity contribution in [2.24, 2.45) is 0 Å². The minimum absolute atomic E-state index is 1.16. The highest BCUT2D eigenvalue weighted by Gasteiger charge is 2.20. The molecule has 0 saturated heterocycles. The number of fused-ring (bicyclic) bond motifs is 8. The van der Waals surface area contributed by atoms with Gasteiger partial charge in [-0.25, -0.2) is 0 Å². The fraction of sp³-hybridized carbons (Fsp3) is 0. The summed E-state index contributed by atoms with van der Waals surface area (Å²) in [5.41, 5.74) is 9.69. The molecule has 0 saturated carbocycles. The van der Waals surface area contributed by atoms with E-state index in [2.05, 4.69) is 167 Å². The first kappa shape index (κ1) is 23.1. The summed E-state index contributed by atoms with van der Waals surface area (Å²) in [5.74, 6) is 0. The molecular formula is C40H26N2. The van der Waals surface area contributed by atoms with Crippen molar-refractivity contribution in [3.63, 3.8) is 0 Å². The lowest BCUT2D eigenvalue weighted by Crippen LogP contribution is -1.98. The van der Waals surface area contributed by atoms with E-state index in [1.54, 1.807) is 0 Å². The summed E-state index contributed by atoms with van der Waals surface area (Å²) in [6.07, 6.45) is 0. The fourth-order valence-corrected chi connectivity index (χ4v) is 6.88. The smallest absolute Gasteiger partial charge is 0.0788 e. The van der Waals surface area contributed by atoms with Crippen LogP contribution in [0.1, 0.15) is 0 Å². The lowest BCUT2D eigenvalue weighted by molar-refractivity contribution is 1.15. The van der Waals surface area contributed by atoms with E-state index >= 15 is 0 Å². The van der Waals surface area contributed by atoms with Crippen LogP contribution in [0.15, 0.2) is 158 Å². The van der Waals surface area contributed by atoms with Crippen LogP contribution in [0.4, 0.5) is 0 Å². The van der Waals surface area contributed by atoms with E-state index in [-0.39, 0.29) is 0 Å². The molecule has 0 bridgehead atoms. The first-order chi connectivity index (χ1) is 20.9. The predicted octanol–water partition coefficient (Wildman–Crippen LogP) is 10.7. The minimum Gasteiger partial charge on any atom is -0.307 e. The molecule has 0 aliphatic heterocycles. The summed E-state index contributed by atoms with van der Waals surface area (Å²) in [5, 5.41) is 7.59. The third-order valence-electron chi connectivity index (χ3n) is 8.71. The van der Waals surface area contributed by atoms with Crippen molar-refractivity contribution in [2.45, 2.75) is 0 Å². The molecule has 2 heteroatoms. The molecule has 7 aromatic carbocycles. The van der Waals surface area contributed by atoms with E-state index in [1.807, 2.05) is 0 Å². The van der Waals surface area contributed by atoms with Gasteiger partial charge in [-0.15, -0.1) is 0 Å². The molecule has 196 valence electrons. The summed E-state index contributed by atoms with van der Waals surface area (Å²) in [6, 6.07) is 57.2. The van der Waals surface area contributed by atoms with Gasteiger partial charge in [-0.3, -0.25) is 0 Å². The Morgan fingerprint density at radius 3 is 1.45 bits per heavy atom. The zero-order valence-corrected chi connectivity index (χ0v) is 22.9. The zero-order chi connectivity index (χ0) is 27.6. The van der Waals surface area contributed by atoms with E-state index in [0.29, 0.717) is 0 Å². The average molecular weight is 535 g/mol. The first-order valence-electron chi connectivity index (χ1n) is 14.5. The maximum atomic E-state index is 2.46. The molecule has 0 atom stereocenters. The molecule has 0 aliphatic carbocycles. The standard InChI is InChI=1S/C40H26N2/c1-2-13-29(14-3-1)41-37-19-8-6-16-33(37)35-25-26-36-34-17-7-9-20-38(34)42(40(36)39(35)41)30-23-21-28(22-24-30)32-18-10-12-27-11-4-5-15-31(27)32/h1-26H. The van der Waals surface area contributed by atoms with Crippen molar-refractivity contribution in [3.05, 3.63) is 158 Å². The maximum absolute atomic E-state index is 2.46. The van der Waals surface area contributed by atoms with Crippen LogP contribution in [0.3, 0.4) is 0 Å². The van der Waals surface area contributed by atoms with E-state index in [4.69, 9.17) is 0 Å². The molecule has 2 aromatic heterocycles. The van der Waals surface area contributed by atoms with Gasteiger partial charge in [-0.1, -0.05) is 121 Å². The Labute approximate surface area is 243 Å². The first-order valence-corrected chi connectivity index (χ1v) is 14.5. The highest BCUT2D eigenvalue weighted by molar-refractivity contribution is 6.23. The molecule has 9 aromatic rings. The van der Waals surface area contributed by atoms with Crippen LogP contribution in [-0.4, -0.2) is 9.13 Å². The minimum atomic E-state index is 1.16. The Kier molecular flexibility index (Phi) is 4.93. The van der Waals surface area contributed by atoms with Gasteiger partial charge in [-0.2, -0.15) is 0 Å². The summed E-state index contributed by atoms with van der Waals surface area (Å²) in [6.45, 7) is 0. The molecule has 42 heavy (non-hydrogen) atoms. The number of benzene rings is 7. The fourth-order valence-electron chi connectivity index (χ4n) is 6.88. The van der Waals surface area contributed by atoms with Gasteiger partial charge in [0.1, 0.15) is 0 Å².